The summed E-state index contributed by atoms with van der Waals surface area (Å²) in [5, 5.41) is 12.9. The van der Waals surface area contributed by atoms with E-state index in [4.69, 9.17) is 9.47 Å². The van der Waals surface area contributed by atoms with E-state index in [-0.39, 0.29) is 6.42 Å². The van der Waals surface area contributed by atoms with E-state index >= 15 is 0 Å². The molecule has 0 saturated carbocycles. The number of anilines is 1. The molecule has 0 spiro atoms. The zero-order valence-electron chi connectivity index (χ0n) is 21.6. The van der Waals surface area contributed by atoms with Gasteiger partial charge in [-0.15, -0.1) is 0 Å². The molecule has 1 aromatic heterocycles. The molecule has 4 aromatic rings. The molecule has 0 fully saturated rings. The fourth-order valence-electron chi connectivity index (χ4n) is 3.78. The second-order valence-corrected chi connectivity index (χ2v) is 9.13. The molecule has 0 bridgehead atoms. The lowest BCUT2D eigenvalue weighted by Gasteiger charge is -2.16. The number of ether oxygens (including phenoxy) is 2. The predicted molar refractivity (Wildman–Crippen MR) is 147 cm³/mol. The lowest BCUT2D eigenvalue weighted by molar-refractivity contribution is -0.137. The Balaban J connectivity index is 1.39. The summed E-state index contributed by atoms with van der Waals surface area (Å²) in [6.45, 7) is 1.84. The first kappa shape index (κ1) is 26.6. The van der Waals surface area contributed by atoms with Crippen LogP contribution in [0.1, 0.15) is 11.1 Å². The lowest BCUT2D eigenvalue weighted by atomic mass is 10.1. The number of likely N-dealkylation sites (N-methyl/N-ethyl adjacent to an activating group) is 1. The van der Waals surface area contributed by atoms with Crippen LogP contribution in [0.25, 0.3) is 11.3 Å². The number of carboxylic acid groups (broad SMARTS) is 1. The van der Waals surface area contributed by atoms with Crippen LogP contribution < -0.4 is 14.8 Å². The Morgan fingerprint density at radius 2 is 1.66 bits per heavy atom. The number of hydrogen-bond acceptors (Lipinski definition) is 7. The van der Waals surface area contributed by atoms with Crippen LogP contribution in [0, 0.1) is 0 Å². The van der Waals surface area contributed by atoms with E-state index in [1.165, 1.54) is 6.33 Å². The summed E-state index contributed by atoms with van der Waals surface area (Å²) in [4.78, 5) is 22.7. The van der Waals surface area contributed by atoms with E-state index in [0.717, 1.165) is 29.0 Å². The van der Waals surface area contributed by atoms with Gasteiger partial charge in [-0.05, 0) is 61.6 Å². The largest absolute Gasteiger partial charge is 0.492 e. The van der Waals surface area contributed by atoms with Crippen molar-refractivity contribution in [3.05, 3.63) is 102 Å². The van der Waals surface area contributed by atoms with Crippen molar-refractivity contribution in [3.63, 3.8) is 0 Å². The van der Waals surface area contributed by atoms with Crippen molar-refractivity contribution in [2.75, 3.05) is 32.6 Å². The van der Waals surface area contributed by atoms with Crippen LogP contribution in [0.15, 0.2) is 91.3 Å². The van der Waals surface area contributed by atoms with Crippen molar-refractivity contribution >= 4 is 11.8 Å². The van der Waals surface area contributed by atoms with Gasteiger partial charge in [-0.25, -0.2) is 14.8 Å². The average Bonchev–Trinajstić information content (AvgIpc) is 2.92. The van der Waals surface area contributed by atoms with Crippen molar-refractivity contribution < 1.29 is 19.4 Å². The predicted octanol–water partition coefficient (Wildman–Crippen LogP) is 4.77. The molecule has 4 rings (SSSR count). The lowest BCUT2D eigenvalue weighted by Crippen LogP contribution is -2.32. The number of hydrogen-bond donors (Lipinski definition) is 2. The molecular weight excluding hydrogens is 480 g/mol. The summed E-state index contributed by atoms with van der Waals surface area (Å²) < 4.78 is 11.7. The van der Waals surface area contributed by atoms with E-state index < -0.39 is 12.0 Å². The monoisotopic (exact) mass is 512 g/mol. The molecule has 196 valence electrons. The first-order valence-corrected chi connectivity index (χ1v) is 12.4. The van der Waals surface area contributed by atoms with Gasteiger partial charge in [0, 0.05) is 24.6 Å². The number of aromatic nitrogens is 2. The summed E-state index contributed by atoms with van der Waals surface area (Å²) >= 11 is 0. The van der Waals surface area contributed by atoms with Crippen LogP contribution in [0.4, 0.5) is 5.82 Å². The quantitative estimate of drug-likeness (QED) is 0.264. The SMILES string of the molecule is CN(C)CCOc1cccc(C[C@H](Nc2cc(-c3ccc(OCc4ccccc4)cc3)ncn2)C(=O)O)c1. The minimum atomic E-state index is -0.969. The number of rotatable bonds is 13. The number of nitrogens with one attached hydrogen (secondary N) is 1. The normalized spacial score (nSPS) is 11.7. The first-order valence-electron chi connectivity index (χ1n) is 12.4. The third kappa shape index (κ3) is 8.04. The Kier molecular flexibility index (Phi) is 9.26. The highest BCUT2D eigenvalue weighted by molar-refractivity contribution is 5.77. The number of carboxylic acids is 1. The van der Waals surface area contributed by atoms with Crippen molar-refractivity contribution in [2.45, 2.75) is 19.1 Å². The Morgan fingerprint density at radius 3 is 2.39 bits per heavy atom. The first-order chi connectivity index (χ1) is 18.5. The fraction of sp³-hybridized carbons (Fsp3) is 0.233. The number of carbonyl (C=O) groups is 1. The summed E-state index contributed by atoms with van der Waals surface area (Å²) in [5.41, 5.74) is 3.50. The molecule has 0 unspecified atom stereocenters. The molecule has 0 aliphatic carbocycles. The molecule has 2 N–H and O–H groups in total. The van der Waals surface area contributed by atoms with Crippen LogP contribution in [0.3, 0.4) is 0 Å². The highest BCUT2D eigenvalue weighted by Crippen LogP contribution is 2.23. The Hall–Kier alpha value is -4.43. The van der Waals surface area contributed by atoms with Crippen molar-refractivity contribution in [1.29, 1.82) is 0 Å². The molecule has 38 heavy (non-hydrogen) atoms. The maximum Gasteiger partial charge on any atom is 0.326 e. The summed E-state index contributed by atoms with van der Waals surface area (Å²) in [5.74, 6) is 0.937. The van der Waals surface area contributed by atoms with E-state index in [1.54, 1.807) is 6.07 Å². The van der Waals surface area contributed by atoms with E-state index in [1.807, 2.05) is 97.9 Å². The number of benzene rings is 3. The van der Waals surface area contributed by atoms with Gasteiger partial charge in [-0.1, -0.05) is 42.5 Å². The highest BCUT2D eigenvalue weighted by atomic mass is 16.5. The zero-order valence-corrected chi connectivity index (χ0v) is 21.6. The molecular formula is C30H32N4O4. The van der Waals surface area contributed by atoms with Crippen LogP contribution in [0.5, 0.6) is 11.5 Å². The number of aliphatic carboxylic acids is 1. The topological polar surface area (TPSA) is 96.8 Å². The Labute approximate surface area is 222 Å². The van der Waals surface area contributed by atoms with Gasteiger partial charge in [-0.2, -0.15) is 0 Å². The number of nitrogens with zero attached hydrogens (tertiary/aromatic N) is 3. The summed E-state index contributed by atoms with van der Waals surface area (Å²) in [7, 11) is 3.97. The molecule has 1 heterocycles. The fourth-order valence-corrected chi connectivity index (χ4v) is 3.78. The van der Waals surface area contributed by atoms with Gasteiger partial charge in [0.25, 0.3) is 0 Å². The maximum absolute atomic E-state index is 12.0. The van der Waals surface area contributed by atoms with Crippen LogP contribution in [-0.4, -0.2) is 59.2 Å². The maximum atomic E-state index is 12.0. The molecule has 1 atom stereocenters. The van der Waals surface area contributed by atoms with E-state index in [0.29, 0.717) is 30.5 Å². The van der Waals surface area contributed by atoms with Crippen molar-refractivity contribution in [3.8, 4) is 22.8 Å². The summed E-state index contributed by atoms with van der Waals surface area (Å²) in [6, 6.07) is 26.0. The van der Waals surface area contributed by atoms with Gasteiger partial charge in [0.05, 0.1) is 5.69 Å². The molecule has 0 aliphatic rings. The second kappa shape index (κ2) is 13.2. The van der Waals surface area contributed by atoms with Gasteiger partial charge < -0.3 is 24.8 Å². The molecule has 0 amide bonds. The van der Waals surface area contributed by atoms with Gasteiger partial charge >= 0.3 is 5.97 Å². The minimum Gasteiger partial charge on any atom is -0.492 e. The van der Waals surface area contributed by atoms with Crippen LogP contribution >= 0.6 is 0 Å². The highest BCUT2D eigenvalue weighted by Gasteiger charge is 2.19. The molecule has 0 saturated heterocycles. The van der Waals surface area contributed by atoms with E-state index in [9.17, 15) is 9.90 Å². The molecule has 8 nitrogen and oxygen atoms in total. The second-order valence-electron chi connectivity index (χ2n) is 9.13. The van der Waals surface area contributed by atoms with Crippen molar-refractivity contribution in [1.82, 2.24) is 14.9 Å². The van der Waals surface area contributed by atoms with Crippen LogP contribution in [0.2, 0.25) is 0 Å². The zero-order chi connectivity index (χ0) is 26.7. The minimum absolute atomic E-state index is 0.271. The molecule has 3 aromatic carbocycles. The van der Waals surface area contributed by atoms with Gasteiger partial charge in [0.1, 0.15) is 42.9 Å². The van der Waals surface area contributed by atoms with Gasteiger partial charge in [-0.3, -0.25) is 0 Å². The smallest absolute Gasteiger partial charge is 0.326 e. The Bertz CT molecular complexity index is 1310. The van der Waals surface area contributed by atoms with Gasteiger partial charge in [0.15, 0.2) is 0 Å². The standard InChI is InChI=1S/C30H32N4O4/c1-34(2)15-16-37-26-10-6-9-23(17-26)18-28(30(35)36)33-29-19-27(31-21-32-29)24-11-13-25(14-12-24)38-20-22-7-4-3-5-8-22/h3-14,17,19,21,28H,15-16,18,20H2,1-2H3,(H,35,36)(H,31,32,33)/t28-/m0/s1. The van der Waals surface area contributed by atoms with Gasteiger partial charge in [0.2, 0.25) is 0 Å². The molecule has 0 radical (unpaired) electrons. The average molecular weight is 513 g/mol. The third-order valence-corrected chi connectivity index (χ3v) is 5.83. The van der Waals surface area contributed by atoms with E-state index in [2.05, 4.69) is 15.3 Å². The molecule has 8 heteroatoms. The van der Waals surface area contributed by atoms with Crippen LogP contribution in [-0.2, 0) is 17.8 Å². The Morgan fingerprint density at radius 1 is 0.895 bits per heavy atom. The summed E-state index contributed by atoms with van der Waals surface area (Å²) in [6.07, 6.45) is 1.70. The molecule has 0 aliphatic heterocycles. The van der Waals surface area contributed by atoms with Crippen molar-refractivity contribution in [2.24, 2.45) is 0 Å². The third-order valence-electron chi connectivity index (χ3n) is 5.83.